The topological polar surface area (TPSA) is 75.4 Å². The van der Waals surface area contributed by atoms with Crippen LogP contribution in [0.1, 0.15) is 16.8 Å². The van der Waals surface area contributed by atoms with Gasteiger partial charge in [0.2, 0.25) is 5.91 Å². The average Bonchev–Trinajstić information content (AvgIpc) is 2.56. The van der Waals surface area contributed by atoms with Crippen molar-refractivity contribution >= 4 is 17.5 Å². The van der Waals surface area contributed by atoms with Gasteiger partial charge in [0.15, 0.2) is 0 Å². The van der Waals surface area contributed by atoms with Crippen molar-refractivity contribution in [2.75, 3.05) is 25.4 Å². The van der Waals surface area contributed by atoms with Crippen LogP contribution in [-0.2, 0) is 4.79 Å². The monoisotopic (exact) mass is 251 g/mol. The summed E-state index contributed by atoms with van der Waals surface area (Å²) in [5.41, 5.74) is 5.83. The Hall–Kier alpha value is -2.11. The van der Waals surface area contributed by atoms with E-state index in [2.05, 4.69) is 5.32 Å². The Balaban J connectivity index is 2.19. The third-order valence-electron chi connectivity index (χ3n) is 2.82. The molecule has 0 spiro atoms. The minimum Gasteiger partial charge on any atom is -0.399 e. The van der Waals surface area contributed by atoms with Gasteiger partial charge >= 0.3 is 0 Å². The number of benzene rings is 1. The highest BCUT2D eigenvalue weighted by Gasteiger charge is 2.22. The van der Waals surface area contributed by atoms with Crippen LogP contribution in [0.2, 0.25) is 0 Å². The fourth-order valence-corrected chi connectivity index (χ4v) is 1.85. The molecule has 1 aromatic carbocycles. The largest absolute Gasteiger partial charge is 0.399 e. The number of nitrogens with zero attached hydrogens (tertiary/aromatic N) is 1. The van der Waals surface area contributed by atoms with Crippen LogP contribution in [0.25, 0.3) is 0 Å². The Morgan fingerprint density at radius 1 is 1.39 bits per heavy atom. The molecule has 1 aliphatic heterocycles. The van der Waals surface area contributed by atoms with Gasteiger partial charge in [-0.3, -0.25) is 9.59 Å². The van der Waals surface area contributed by atoms with E-state index in [0.29, 0.717) is 25.3 Å². The van der Waals surface area contributed by atoms with Crippen LogP contribution in [0, 0.1) is 5.82 Å². The molecule has 1 saturated heterocycles. The summed E-state index contributed by atoms with van der Waals surface area (Å²) < 4.78 is 13.6. The van der Waals surface area contributed by atoms with Crippen molar-refractivity contribution in [1.29, 1.82) is 0 Å². The van der Waals surface area contributed by atoms with Crippen LogP contribution in [-0.4, -0.2) is 36.3 Å². The molecule has 6 heteroatoms. The Bertz CT molecular complexity index is 490. The summed E-state index contributed by atoms with van der Waals surface area (Å²) in [5.74, 6) is -1.13. The smallest absolute Gasteiger partial charge is 0.256 e. The molecule has 5 nitrogen and oxygen atoms in total. The third kappa shape index (κ3) is 2.58. The van der Waals surface area contributed by atoms with Crippen LogP contribution in [0.5, 0.6) is 0 Å². The molecule has 0 aromatic heterocycles. The fourth-order valence-electron chi connectivity index (χ4n) is 1.85. The highest BCUT2D eigenvalue weighted by molar-refractivity contribution is 5.95. The maximum atomic E-state index is 13.6. The summed E-state index contributed by atoms with van der Waals surface area (Å²) >= 11 is 0. The second kappa shape index (κ2) is 5.03. The minimum absolute atomic E-state index is 0.0515. The molecule has 1 aliphatic rings. The number of anilines is 1. The molecular formula is C12H14FN3O2. The first kappa shape index (κ1) is 12.3. The number of hydrogen-bond acceptors (Lipinski definition) is 3. The molecule has 2 amide bonds. The summed E-state index contributed by atoms with van der Waals surface area (Å²) in [6.45, 7) is 1.05. The molecular weight excluding hydrogens is 237 g/mol. The van der Waals surface area contributed by atoms with Crippen molar-refractivity contribution in [2.45, 2.75) is 6.42 Å². The van der Waals surface area contributed by atoms with E-state index in [1.807, 2.05) is 0 Å². The molecule has 0 atom stereocenters. The second-order valence-corrected chi connectivity index (χ2v) is 4.13. The molecule has 96 valence electrons. The Labute approximate surface area is 104 Å². The summed E-state index contributed by atoms with van der Waals surface area (Å²) in [7, 11) is 0. The number of amides is 2. The third-order valence-corrected chi connectivity index (χ3v) is 2.82. The molecule has 18 heavy (non-hydrogen) atoms. The van der Waals surface area contributed by atoms with E-state index >= 15 is 0 Å². The zero-order chi connectivity index (χ0) is 13.1. The van der Waals surface area contributed by atoms with Gasteiger partial charge in [0, 0.05) is 31.7 Å². The number of hydrogen-bond donors (Lipinski definition) is 2. The molecule has 0 unspecified atom stereocenters. The van der Waals surface area contributed by atoms with Crippen molar-refractivity contribution in [3.8, 4) is 0 Å². The molecule has 1 heterocycles. The van der Waals surface area contributed by atoms with E-state index in [9.17, 15) is 14.0 Å². The predicted octanol–water partition coefficient (Wildman–Crippen LogP) is 0.370. The van der Waals surface area contributed by atoms with Crippen molar-refractivity contribution in [1.82, 2.24) is 10.2 Å². The number of carbonyl (C=O) groups excluding carboxylic acids is 2. The Morgan fingerprint density at radius 2 is 2.17 bits per heavy atom. The van der Waals surface area contributed by atoms with Gasteiger partial charge in [0.05, 0.1) is 5.56 Å². The standard InChI is InChI=1S/C12H14FN3O2/c13-10-2-1-8(14)7-9(10)12(18)16-5-3-11(17)15-4-6-16/h1-2,7H,3-6,14H2,(H,15,17). The van der Waals surface area contributed by atoms with E-state index in [4.69, 9.17) is 5.73 Å². The summed E-state index contributed by atoms with van der Waals surface area (Å²) in [6, 6.07) is 3.89. The lowest BCUT2D eigenvalue weighted by Crippen LogP contribution is -2.34. The first-order chi connectivity index (χ1) is 8.58. The molecule has 0 bridgehead atoms. The molecule has 3 N–H and O–H groups in total. The predicted molar refractivity (Wildman–Crippen MR) is 64.3 cm³/mol. The molecule has 2 rings (SSSR count). The maximum Gasteiger partial charge on any atom is 0.256 e. The van der Waals surface area contributed by atoms with E-state index in [0.717, 1.165) is 0 Å². The van der Waals surface area contributed by atoms with Gasteiger partial charge in [-0.05, 0) is 18.2 Å². The Kier molecular flexibility index (Phi) is 3.45. The first-order valence-electron chi connectivity index (χ1n) is 5.69. The van der Waals surface area contributed by atoms with Gasteiger partial charge in [0.25, 0.3) is 5.91 Å². The van der Waals surface area contributed by atoms with Gasteiger partial charge in [0.1, 0.15) is 5.82 Å². The number of nitrogens with one attached hydrogen (secondary N) is 1. The maximum absolute atomic E-state index is 13.6. The van der Waals surface area contributed by atoms with Gasteiger partial charge in [-0.15, -0.1) is 0 Å². The average molecular weight is 251 g/mol. The van der Waals surface area contributed by atoms with Gasteiger partial charge in [-0.25, -0.2) is 4.39 Å². The van der Waals surface area contributed by atoms with Gasteiger partial charge < -0.3 is 16.0 Å². The normalized spacial score (nSPS) is 16.1. The lowest BCUT2D eigenvalue weighted by molar-refractivity contribution is -0.120. The van der Waals surface area contributed by atoms with Crippen LogP contribution < -0.4 is 11.1 Å². The summed E-state index contributed by atoms with van der Waals surface area (Å²) in [4.78, 5) is 24.7. The van der Waals surface area contributed by atoms with Gasteiger partial charge in [-0.1, -0.05) is 0 Å². The molecule has 1 fully saturated rings. The van der Waals surface area contributed by atoms with E-state index < -0.39 is 11.7 Å². The second-order valence-electron chi connectivity index (χ2n) is 4.13. The number of nitrogens with two attached hydrogens (primary N) is 1. The van der Waals surface area contributed by atoms with Gasteiger partial charge in [-0.2, -0.15) is 0 Å². The highest BCUT2D eigenvalue weighted by atomic mass is 19.1. The van der Waals surface area contributed by atoms with Crippen LogP contribution in [0.4, 0.5) is 10.1 Å². The lowest BCUT2D eigenvalue weighted by atomic mass is 10.1. The summed E-state index contributed by atoms with van der Waals surface area (Å²) in [5, 5.41) is 2.66. The zero-order valence-corrected chi connectivity index (χ0v) is 9.78. The van der Waals surface area contributed by atoms with E-state index in [-0.39, 0.29) is 17.9 Å². The number of halogens is 1. The Morgan fingerprint density at radius 3 is 2.94 bits per heavy atom. The van der Waals surface area contributed by atoms with Crippen LogP contribution in [0.15, 0.2) is 18.2 Å². The number of carbonyl (C=O) groups is 2. The number of rotatable bonds is 1. The van der Waals surface area contributed by atoms with Crippen LogP contribution >= 0.6 is 0 Å². The van der Waals surface area contributed by atoms with Crippen molar-refractivity contribution in [3.05, 3.63) is 29.6 Å². The molecule has 0 aliphatic carbocycles. The van der Waals surface area contributed by atoms with Crippen molar-refractivity contribution < 1.29 is 14.0 Å². The molecule has 1 aromatic rings. The zero-order valence-electron chi connectivity index (χ0n) is 9.78. The highest BCUT2D eigenvalue weighted by Crippen LogP contribution is 2.15. The lowest BCUT2D eigenvalue weighted by Gasteiger charge is -2.19. The summed E-state index contributed by atoms with van der Waals surface area (Å²) in [6.07, 6.45) is 0.232. The fraction of sp³-hybridized carbons (Fsp3) is 0.333. The SMILES string of the molecule is Nc1ccc(F)c(C(=O)N2CCNC(=O)CC2)c1. The van der Waals surface area contributed by atoms with E-state index in [1.165, 1.54) is 23.1 Å². The molecule has 0 radical (unpaired) electrons. The van der Waals surface area contributed by atoms with Crippen LogP contribution in [0.3, 0.4) is 0 Å². The minimum atomic E-state index is -0.599. The van der Waals surface area contributed by atoms with E-state index in [1.54, 1.807) is 0 Å². The first-order valence-corrected chi connectivity index (χ1v) is 5.69. The number of nitrogen functional groups attached to an aromatic ring is 1. The quantitative estimate of drug-likeness (QED) is 0.708. The van der Waals surface area contributed by atoms with Crippen molar-refractivity contribution in [3.63, 3.8) is 0 Å². The molecule has 0 saturated carbocycles. The van der Waals surface area contributed by atoms with Crippen molar-refractivity contribution in [2.24, 2.45) is 0 Å².